The summed E-state index contributed by atoms with van der Waals surface area (Å²) in [4.78, 5) is 8.12. The van der Waals surface area contributed by atoms with Crippen LogP contribution >= 0.6 is 0 Å². The third kappa shape index (κ3) is 5.60. The van der Waals surface area contributed by atoms with Crippen molar-refractivity contribution in [2.75, 3.05) is 18.0 Å². The predicted octanol–water partition coefficient (Wildman–Crippen LogP) is 0.709. The van der Waals surface area contributed by atoms with Crippen molar-refractivity contribution in [3.8, 4) is 0 Å². The molecule has 1 heterocycles. The maximum Gasteiger partial charge on any atom is 0.197 e. The summed E-state index contributed by atoms with van der Waals surface area (Å²) in [5.41, 5.74) is 25.0. The zero-order valence-electron chi connectivity index (χ0n) is 16.0. The molecule has 0 aliphatic carbocycles. The number of nitrogens with two attached hydrogens (primary N) is 4. The molecule has 0 aromatic heterocycles. The molecule has 1 atom stereocenters. The Morgan fingerprint density at radius 1 is 1.35 bits per heavy atom. The van der Waals surface area contributed by atoms with Crippen molar-refractivity contribution in [2.45, 2.75) is 51.4 Å². The van der Waals surface area contributed by atoms with E-state index in [-0.39, 0.29) is 11.5 Å². The van der Waals surface area contributed by atoms with E-state index in [9.17, 15) is 0 Å². The lowest BCUT2D eigenvalue weighted by Crippen LogP contribution is -2.51. The highest BCUT2D eigenvalue weighted by atomic mass is 15.3. The van der Waals surface area contributed by atoms with Gasteiger partial charge in [-0.2, -0.15) is 0 Å². The summed E-state index contributed by atoms with van der Waals surface area (Å²) < 4.78 is 0. The summed E-state index contributed by atoms with van der Waals surface area (Å²) in [6.45, 7) is 7.75. The molecule has 1 aliphatic rings. The summed E-state index contributed by atoms with van der Waals surface area (Å²) in [7, 11) is 0. The number of nitrogens with zero attached hydrogens (tertiary/aromatic N) is 3. The van der Waals surface area contributed by atoms with E-state index >= 15 is 0 Å². The van der Waals surface area contributed by atoms with E-state index in [0.717, 1.165) is 30.6 Å². The van der Waals surface area contributed by atoms with Gasteiger partial charge in [-0.15, -0.1) is 0 Å². The first-order valence-corrected chi connectivity index (χ1v) is 8.85. The van der Waals surface area contributed by atoms with E-state index in [1.54, 1.807) is 0 Å². The summed E-state index contributed by atoms with van der Waals surface area (Å²) >= 11 is 0. The zero-order chi connectivity index (χ0) is 19.5. The van der Waals surface area contributed by atoms with Crippen LogP contribution in [0.2, 0.25) is 0 Å². The molecule has 9 N–H and O–H groups in total. The van der Waals surface area contributed by atoms with Crippen molar-refractivity contribution >= 4 is 17.6 Å². The Morgan fingerprint density at radius 3 is 2.46 bits per heavy atom. The van der Waals surface area contributed by atoms with Gasteiger partial charge in [0.15, 0.2) is 11.9 Å². The SMILES string of the molecule is CC(C)(N)CCN(Cc1ccc(N2CCC(C)(N)N=C2N)cc1)C(=N)N. The van der Waals surface area contributed by atoms with Gasteiger partial charge in [-0.05, 0) is 44.9 Å². The lowest BCUT2D eigenvalue weighted by molar-refractivity contribution is 0.344. The molecule has 144 valence electrons. The van der Waals surface area contributed by atoms with E-state index in [0.29, 0.717) is 19.0 Å². The molecule has 0 radical (unpaired) electrons. The maximum atomic E-state index is 7.79. The van der Waals surface area contributed by atoms with E-state index in [1.807, 2.05) is 54.8 Å². The van der Waals surface area contributed by atoms with Crippen molar-refractivity contribution in [2.24, 2.45) is 27.9 Å². The fourth-order valence-corrected chi connectivity index (χ4v) is 2.80. The van der Waals surface area contributed by atoms with E-state index in [1.165, 1.54) is 0 Å². The highest BCUT2D eigenvalue weighted by Crippen LogP contribution is 2.22. The second kappa shape index (κ2) is 7.51. The van der Waals surface area contributed by atoms with Crippen LogP contribution in [0.5, 0.6) is 0 Å². The smallest absolute Gasteiger partial charge is 0.197 e. The molecule has 0 bridgehead atoms. The van der Waals surface area contributed by atoms with Crippen LogP contribution in [0.1, 0.15) is 39.2 Å². The summed E-state index contributed by atoms with van der Waals surface area (Å²) in [5, 5.41) is 7.79. The van der Waals surface area contributed by atoms with Gasteiger partial charge in [0.2, 0.25) is 0 Å². The number of aliphatic imine (C=N–C) groups is 1. The minimum atomic E-state index is -0.598. The standard InChI is InChI=1S/C18H32N8/c1-17(2,22)8-10-25(15(19)20)12-13-4-6-14(7-5-13)26-11-9-18(3,23)24-16(26)21/h4-7H,8-12,22-23H2,1-3H3,(H3,19,20)(H2,21,24). The Labute approximate surface area is 155 Å². The van der Waals surface area contributed by atoms with Gasteiger partial charge in [0.25, 0.3) is 0 Å². The summed E-state index contributed by atoms with van der Waals surface area (Å²) in [6, 6.07) is 8.04. The Morgan fingerprint density at radius 2 is 1.96 bits per heavy atom. The normalized spacial score (nSPS) is 20.7. The highest BCUT2D eigenvalue weighted by molar-refractivity contribution is 5.95. The topological polar surface area (TPSA) is 147 Å². The minimum Gasteiger partial charge on any atom is -0.370 e. The van der Waals surface area contributed by atoms with Crippen LogP contribution in [0.15, 0.2) is 29.3 Å². The fourth-order valence-electron chi connectivity index (χ4n) is 2.80. The van der Waals surface area contributed by atoms with Gasteiger partial charge in [0.1, 0.15) is 5.66 Å². The lowest BCUT2D eigenvalue weighted by atomic mass is 10.0. The average molecular weight is 361 g/mol. The Balaban J connectivity index is 2.05. The molecule has 0 fully saturated rings. The zero-order valence-corrected chi connectivity index (χ0v) is 16.0. The van der Waals surface area contributed by atoms with Gasteiger partial charge >= 0.3 is 0 Å². The number of rotatable bonds is 6. The van der Waals surface area contributed by atoms with Crippen molar-refractivity contribution < 1.29 is 0 Å². The number of guanidine groups is 2. The maximum absolute atomic E-state index is 7.79. The van der Waals surface area contributed by atoms with Crippen LogP contribution < -0.4 is 27.8 Å². The van der Waals surface area contributed by atoms with Crippen molar-refractivity contribution in [3.63, 3.8) is 0 Å². The molecule has 0 saturated carbocycles. The molecule has 0 saturated heterocycles. The van der Waals surface area contributed by atoms with E-state index in [2.05, 4.69) is 4.99 Å². The number of anilines is 1. The molecular weight excluding hydrogens is 328 g/mol. The second-order valence-electron chi connectivity index (χ2n) is 7.94. The molecule has 1 aromatic rings. The van der Waals surface area contributed by atoms with Crippen LogP contribution in [-0.4, -0.2) is 41.1 Å². The third-order valence-corrected chi connectivity index (χ3v) is 4.48. The number of hydrogen-bond acceptors (Lipinski definition) is 6. The van der Waals surface area contributed by atoms with Crippen molar-refractivity contribution in [1.82, 2.24) is 4.90 Å². The van der Waals surface area contributed by atoms with Crippen molar-refractivity contribution in [1.29, 1.82) is 5.41 Å². The van der Waals surface area contributed by atoms with E-state index < -0.39 is 5.66 Å². The first-order chi connectivity index (χ1) is 12.0. The first-order valence-electron chi connectivity index (χ1n) is 8.85. The fraction of sp³-hybridized carbons (Fsp3) is 0.556. The van der Waals surface area contributed by atoms with Gasteiger partial charge in [-0.1, -0.05) is 12.1 Å². The summed E-state index contributed by atoms with van der Waals surface area (Å²) in [6.07, 6.45) is 1.49. The predicted molar refractivity (Wildman–Crippen MR) is 108 cm³/mol. The van der Waals surface area contributed by atoms with Gasteiger partial charge in [0, 0.05) is 37.3 Å². The molecule has 0 spiro atoms. The van der Waals surface area contributed by atoms with Crippen LogP contribution in [0.3, 0.4) is 0 Å². The Kier molecular flexibility index (Phi) is 5.77. The molecule has 1 aliphatic heterocycles. The van der Waals surface area contributed by atoms with Crippen LogP contribution in [0.25, 0.3) is 0 Å². The van der Waals surface area contributed by atoms with Crippen LogP contribution in [0, 0.1) is 5.41 Å². The molecule has 0 amide bonds. The van der Waals surface area contributed by atoms with Crippen LogP contribution in [0.4, 0.5) is 5.69 Å². The highest BCUT2D eigenvalue weighted by Gasteiger charge is 2.26. The van der Waals surface area contributed by atoms with Crippen LogP contribution in [-0.2, 0) is 6.54 Å². The molecule has 8 heteroatoms. The second-order valence-corrected chi connectivity index (χ2v) is 7.94. The van der Waals surface area contributed by atoms with E-state index in [4.69, 9.17) is 28.3 Å². The lowest BCUT2D eigenvalue weighted by Gasteiger charge is -2.34. The number of benzene rings is 1. The number of hydrogen-bond donors (Lipinski definition) is 5. The number of nitrogens with one attached hydrogen (secondary N) is 1. The van der Waals surface area contributed by atoms with Crippen molar-refractivity contribution in [3.05, 3.63) is 29.8 Å². The van der Waals surface area contributed by atoms with Gasteiger partial charge in [0.05, 0.1) is 0 Å². The molecule has 8 nitrogen and oxygen atoms in total. The van der Waals surface area contributed by atoms with Gasteiger partial charge in [-0.25, -0.2) is 4.99 Å². The molecule has 2 rings (SSSR count). The molecule has 1 aromatic carbocycles. The monoisotopic (exact) mass is 360 g/mol. The molecule has 26 heavy (non-hydrogen) atoms. The quantitative estimate of drug-likeness (QED) is 0.373. The Bertz CT molecular complexity index is 657. The third-order valence-electron chi connectivity index (χ3n) is 4.48. The Hall–Kier alpha value is -2.32. The van der Waals surface area contributed by atoms with Gasteiger partial charge < -0.3 is 32.7 Å². The molecule has 1 unspecified atom stereocenters. The molecular formula is C18H32N8. The summed E-state index contributed by atoms with van der Waals surface area (Å²) in [5.74, 6) is 0.484. The average Bonchev–Trinajstić information content (AvgIpc) is 2.50. The largest absolute Gasteiger partial charge is 0.370 e. The van der Waals surface area contributed by atoms with Gasteiger partial charge in [-0.3, -0.25) is 5.41 Å². The first kappa shape index (κ1) is 20.0. The minimum absolute atomic E-state index is 0.0490.